The lowest BCUT2D eigenvalue weighted by atomic mass is 10.1. The van der Waals surface area contributed by atoms with E-state index in [9.17, 15) is 8.42 Å². The van der Waals surface area contributed by atoms with Crippen LogP contribution >= 0.6 is 12.2 Å². The van der Waals surface area contributed by atoms with Crippen LogP contribution in [0.4, 0.5) is 0 Å². The van der Waals surface area contributed by atoms with Gasteiger partial charge in [0.2, 0.25) is 10.0 Å². The molecule has 4 nitrogen and oxygen atoms in total. The van der Waals surface area contributed by atoms with E-state index in [0.717, 1.165) is 5.56 Å². The van der Waals surface area contributed by atoms with E-state index in [1.807, 2.05) is 20.8 Å². The van der Waals surface area contributed by atoms with E-state index in [1.165, 1.54) is 0 Å². The maximum absolute atomic E-state index is 12.1. The van der Waals surface area contributed by atoms with Gasteiger partial charge in [0.05, 0.1) is 9.88 Å². The SMILES string of the molecule is CC(C)C(C)NS(=O)(=O)c1ccc(CC(N)=S)cc1. The number of benzene rings is 1. The number of rotatable bonds is 6. The first-order valence-corrected chi connectivity index (χ1v) is 8.01. The molecule has 1 atom stereocenters. The average molecular weight is 300 g/mol. The maximum Gasteiger partial charge on any atom is 0.240 e. The Morgan fingerprint density at radius 1 is 1.26 bits per heavy atom. The topological polar surface area (TPSA) is 72.2 Å². The van der Waals surface area contributed by atoms with Gasteiger partial charge in [-0.1, -0.05) is 38.2 Å². The summed E-state index contributed by atoms with van der Waals surface area (Å²) in [6.07, 6.45) is 0.478. The molecule has 0 aliphatic carbocycles. The highest BCUT2D eigenvalue weighted by Crippen LogP contribution is 2.13. The molecule has 19 heavy (non-hydrogen) atoms. The first-order valence-electron chi connectivity index (χ1n) is 6.12. The highest BCUT2D eigenvalue weighted by Gasteiger charge is 2.18. The summed E-state index contributed by atoms with van der Waals surface area (Å²) in [4.78, 5) is 0.647. The zero-order valence-corrected chi connectivity index (χ0v) is 13.0. The minimum absolute atomic E-state index is 0.110. The molecule has 0 saturated carbocycles. The monoisotopic (exact) mass is 300 g/mol. The predicted molar refractivity (Wildman–Crippen MR) is 81.6 cm³/mol. The number of hydrogen-bond donors (Lipinski definition) is 2. The molecule has 1 unspecified atom stereocenters. The zero-order valence-electron chi connectivity index (χ0n) is 11.4. The van der Waals surface area contributed by atoms with Crippen molar-refractivity contribution in [1.82, 2.24) is 4.72 Å². The largest absolute Gasteiger partial charge is 0.393 e. The molecule has 106 valence electrons. The predicted octanol–water partition coefficient (Wildman–Crippen LogP) is 1.84. The Kier molecular flexibility index (Phi) is 5.46. The van der Waals surface area contributed by atoms with Crippen LogP contribution in [0, 0.1) is 5.92 Å². The number of hydrogen-bond acceptors (Lipinski definition) is 3. The molecule has 0 spiro atoms. The molecule has 1 aromatic rings. The van der Waals surface area contributed by atoms with Gasteiger partial charge in [-0.25, -0.2) is 13.1 Å². The van der Waals surface area contributed by atoms with Gasteiger partial charge < -0.3 is 5.73 Å². The van der Waals surface area contributed by atoms with Crippen molar-refractivity contribution in [2.75, 3.05) is 0 Å². The summed E-state index contributed by atoms with van der Waals surface area (Å²) in [5.41, 5.74) is 6.35. The molecule has 1 rings (SSSR count). The molecule has 1 aromatic carbocycles. The Labute approximate surface area is 120 Å². The summed E-state index contributed by atoms with van der Waals surface area (Å²) in [5.74, 6) is 0.240. The molecule has 0 aliphatic heterocycles. The number of thiocarbonyl (C=S) groups is 1. The quantitative estimate of drug-likeness (QED) is 0.786. The molecule has 0 aromatic heterocycles. The fraction of sp³-hybridized carbons (Fsp3) is 0.462. The van der Waals surface area contributed by atoms with Crippen LogP contribution in [0.1, 0.15) is 26.3 Å². The van der Waals surface area contributed by atoms with Crippen LogP contribution in [0.2, 0.25) is 0 Å². The van der Waals surface area contributed by atoms with Gasteiger partial charge in [-0.05, 0) is 30.5 Å². The minimum atomic E-state index is -3.46. The molecule has 0 fully saturated rings. The standard InChI is InChI=1S/C13H20N2O2S2/c1-9(2)10(3)15-19(16,17)12-6-4-11(5-7-12)8-13(14)18/h4-7,9-10,15H,8H2,1-3H3,(H2,14,18). The van der Waals surface area contributed by atoms with E-state index in [2.05, 4.69) is 4.72 Å². The van der Waals surface area contributed by atoms with Crippen molar-refractivity contribution in [1.29, 1.82) is 0 Å². The van der Waals surface area contributed by atoms with Gasteiger partial charge >= 0.3 is 0 Å². The highest BCUT2D eigenvalue weighted by molar-refractivity contribution is 7.89. The number of nitrogens with one attached hydrogen (secondary N) is 1. The third kappa shape index (κ3) is 4.89. The molecule has 0 radical (unpaired) electrons. The number of nitrogens with two attached hydrogens (primary N) is 1. The van der Waals surface area contributed by atoms with Crippen LogP contribution in [0.3, 0.4) is 0 Å². The zero-order chi connectivity index (χ0) is 14.6. The fourth-order valence-electron chi connectivity index (χ4n) is 1.44. The van der Waals surface area contributed by atoms with Crippen LogP contribution in [-0.2, 0) is 16.4 Å². The molecule has 0 bridgehead atoms. The van der Waals surface area contributed by atoms with Crippen LogP contribution in [0.5, 0.6) is 0 Å². The van der Waals surface area contributed by atoms with Crippen molar-refractivity contribution >= 4 is 27.2 Å². The van der Waals surface area contributed by atoms with E-state index in [0.29, 0.717) is 11.4 Å². The molecule has 3 N–H and O–H groups in total. The van der Waals surface area contributed by atoms with Crippen molar-refractivity contribution in [3.63, 3.8) is 0 Å². The lowest BCUT2D eigenvalue weighted by Gasteiger charge is -2.17. The second-order valence-electron chi connectivity index (χ2n) is 4.94. The van der Waals surface area contributed by atoms with Crippen LogP contribution in [0.15, 0.2) is 29.2 Å². The lowest BCUT2D eigenvalue weighted by molar-refractivity contribution is 0.476. The van der Waals surface area contributed by atoms with Crippen molar-refractivity contribution in [3.8, 4) is 0 Å². The first kappa shape index (κ1) is 16.1. The molecular weight excluding hydrogens is 280 g/mol. The summed E-state index contributed by atoms with van der Waals surface area (Å²) < 4.78 is 26.9. The van der Waals surface area contributed by atoms with Crippen molar-refractivity contribution in [2.45, 2.75) is 38.1 Å². The summed E-state index contributed by atoms with van der Waals surface area (Å²) in [6.45, 7) is 5.79. The maximum atomic E-state index is 12.1. The van der Waals surface area contributed by atoms with Gasteiger partial charge in [0.15, 0.2) is 0 Å². The molecule has 0 aliphatic rings. The van der Waals surface area contributed by atoms with Gasteiger partial charge in [-0.2, -0.15) is 0 Å². The van der Waals surface area contributed by atoms with E-state index < -0.39 is 10.0 Å². The normalized spacial score (nSPS) is 13.5. The van der Waals surface area contributed by atoms with E-state index in [-0.39, 0.29) is 16.9 Å². The second-order valence-corrected chi connectivity index (χ2v) is 7.18. The lowest BCUT2D eigenvalue weighted by Crippen LogP contribution is -2.36. The first-order chi connectivity index (χ1) is 8.72. The Balaban J connectivity index is 2.87. The van der Waals surface area contributed by atoms with Crippen molar-refractivity contribution in [3.05, 3.63) is 29.8 Å². The summed E-state index contributed by atoms with van der Waals surface area (Å²) in [5, 5.41) is 0. The van der Waals surface area contributed by atoms with Crippen molar-refractivity contribution < 1.29 is 8.42 Å². The fourth-order valence-corrected chi connectivity index (χ4v) is 3.00. The summed E-state index contributed by atoms with van der Waals surface area (Å²) >= 11 is 4.82. The van der Waals surface area contributed by atoms with Crippen LogP contribution < -0.4 is 10.5 Å². The minimum Gasteiger partial charge on any atom is -0.393 e. The Bertz CT molecular complexity index is 536. The summed E-state index contributed by atoms with van der Waals surface area (Å²) in [6, 6.07) is 6.49. The third-order valence-electron chi connectivity index (χ3n) is 2.95. The third-order valence-corrected chi connectivity index (χ3v) is 4.67. The van der Waals surface area contributed by atoms with Gasteiger partial charge in [0.25, 0.3) is 0 Å². The van der Waals surface area contributed by atoms with E-state index in [4.69, 9.17) is 18.0 Å². The van der Waals surface area contributed by atoms with Crippen molar-refractivity contribution in [2.24, 2.45) is 11.7 Å². The number of sulfonamides is 1. The highest BCUT2D eigenvalue weighted by atomic mass is 32.2. The van der Waals surface area contributed by atoms with E-state index >= 15 is 0 Å². The molecule has 0 heterocycles. The smallest absolute Gasteiger partial charge is 0.240 e. The van der Waals surface area contributed by atoms with Gasteiger partial charge in [0, 0.05) is 12.5 Å². The van der Waals surface area contributed by atoms with E-state index in [1.54, 1.807) is 24.3 Å². The molecule has 0 amide bonds. The Morgan fingerprint density at radius 2 is 1.79 bits per heavy atom. The average Bonchev–Trinajstić information content (AvgIpc) is 2.28. The Hall–Kier alpha value is -0.980. The summed E-state index contributed by atoms with van der Waals surface area (Å²) in [7, 11) is -3.46. The van der Waals surface area contributed by atoms with Gasteiger partial charge in [0.1, 0.15) is 0 Å². The van der Waals surface area contributed by atoms with Crippen LogP contribution in [0.25, 0.3) is 0 Å². The molecule has 0 saturated heterocycles. The van der Waals surface area contributed by atoms with Crippen LogP contribution in [-0.4, -0.2) is 19.4 Å². The molecular formula is C13H20N2O2S2. The van der Waals surface area contributed by atoms with Gasteiger partial charge in [-0.3, -0.25) is 0 Å². The Morgan fingerprint density at radius 3 is 2.21 bits per heavy atom. The molecule has 6 heteroatoms. The van der Waals surface area contributed by atoms with Gasteiger partial charge in [-0.15, -0.1) is 0 Å². The second kappa shape index (κ2) is 6.45.